The highest BCUT2D eigenvalue weighted by Gasteiger charge is 2.50. The summed E-state index contributed by atoms with van der Waals surface area (Å²) in [4.78, 5) is 33.0. The van der Waals surface area contributed by atoms with Gasteiger partial charge in [0.15, 0.2) is 5.13 Å². The van der Waals surface area contributed by atoms with Gasteiger partial charge in [-0.3, -0.25) is 15.0 Å². The van der Waals surface area contributed by atoms with Crippen LogP contribution in [0.2, 0.25) is 4.34 Å². The summed E-state index contributed by atoms with van der Waals surface area (Å²) in [5.41, 5.74) is 1.68. The number of hydrogen-bond donors (Lipinski definition) is 1. The van der Waals surface area contributed by atoms with E-state index in [9.17, 15) is 18.0 Å². The van der Waals surface area contributed by atoms with E-state index in [0.29, 0.717) is 41.2 Å². The van der Waals surface area contributed by atoms with Crippen LogP contribution in [0, 0.1) is 0 Å². The lowest BCUT2D eigenvalue weighted by atomic mass is 9.81. The highest BCUT2D eigenvalue weighted by Crippen LogP contribution is 2.47. The fraction of sp³-hybridized carbons (Fsp3) is 0.320. The minimum atomic E-state index is -3.81. The van der Waals surface area contributed by atoms with Crippen LogP contribution in [0.1, 0.15) is 24.5 Å². The first-order valence-electron chi connectivity index (χ1n) is 11.7. The van der Waals surface area contributed by atoms with Crippen LogP contribution < -0.4 is 10.2 Å². The molecular weight excluding hydrogens is 534 g/mol. The zero-order valence-corrected chi connectivity index (χ0v) is 22.7. The van der Waals surface area contributed by atoms with Crippen molar-refractivity contribution in [3.63, 3.8) is 0 Å². The molecule has 1 atom stereocenters. The van der Waals surface area contributed by atoms with Crippen LogP contribution in [0.5, 0.6) is 0 Å². The number of fused-ring (bicyclic) bond motifs is 2. The number of carbonyl (C=O) groups excluding carboxylic acids is 2. The Labute approximate surface area is 224 Å². The van der Waals surface area contributed by atoms with E-state index >= 15 is 0 Å². The average Bonchev–Trinajstić information content (AvgIpc) is 3.57. The Hall–Kier alpha value is -2.99. The summed E-state index contributed by atoms with van der Waals surface area (Å²) >= 11 is 7.11. The molecule has 0 radical (unpaired) electrons. The van der Waals surface area contributed by atoms with E-state index in [1.54, 1.807) is 29.0 Å². The van der Waals surface area contributed by atoms with Gasteiger partial charge in [0.2, 0.25) is 15.9 Å². The van der Waals surface area contributed by atoms with Crippen LogP contribution in [-0.2, 0) is 26.8 Å². The first kappa shape index (κ1) is 25.7. The number of anilines is 2. The van der Waals surface area contributed by atoms with Gasteiger partial charge >= 0.3 is 6.03 Å². The Balaban J connectivity index is 1.49. The van der Waals surface area contributed by atoms with E-state index < -0.39 is 15.4 Å². The van der Waals surface area contributed by atoms with Crippen molar-refractivity contribution in [2.45, 2.75) is 30.2 Å². The van der Waals surface area contributed by atoms with Crippen molar-refractivity contribution in [1.82, 2.24) is 14.2 Å². The van der Waals surface area contributed by atoms with Gasteiger partial charge < -0.3 is 4.90 Å². The fourth-order valence-electron chi connectivity index (χ4n) is 5.06. The minimum absolute atomic E-state index is 0.0508. The Bertz CT molecular complexity index is 1460. The van der Waals surface area contributed by atoms with Crippen molar-refractivity contribution in [3.8, 4) is 0 Å². The lowest BCUT2D eigenvalue weighted by molar-refractivity contribution is -0.127. The topological polar surface area (TPSA) is 103 Å². The van der Waals surface area contributed by atoms with Gasteiger partial charge in [-0.25, -0.2) is 18.2 Å². The van der Waals surface area contributed by atoms with Crippen molar-refractivity contribution < 1.29 is 18.0 Å². The predicted molar refractivity (Wildman–Crippen MR) is 144 cm³/mol. The molecule has 1 fully saturated rings. The van der Waals surface area contributed by atoms with Gasteiger partial charge in [-0.05, 0) is 35.7 Å². The van der Waals surface area contributed by atoms with E-state index in [-0.39, 0.29) is 23.4 Å². The average molecular weight is 560 g/mol. The van der Waals surface area contributed by atoms with Gasteiger partial charge in [0.05, 0.1) is 11.1 Å². The standard InChI is InChI=1S/C25H26ClN5O4S2/c1-17(32)30-11-10-25(15-30)16-31(24(33)28-23-27-13-22(26)36-23)21-9-8-19(12-20(21)25)37(34,35)29(2)14-18-6-4-3-5-7-18/h3-9,12-13H,10-11,14-16H2,1-2H3,(H,27,28,33). The molecule has 0 aliphatic carbocycles. The van der Waals surface area contributed by atoms with E-state index in [1.165, 1.54) is 23.5 Å². The summed E-state index contributed by atoms with van der Waals surface area (Å²) < 4.78 is 28.8. The Morgan fingerprint density at radius 1 is 1.19 bits per heavy atom. The molecule has 1 spiro atoms. The third-order valence-corrected chi connectivity index (χ3v) is 9.81. The van der Waals surface area contributed by atoms with Crippen molar-refractivity contribution in [1.29, 1.82) is 0 Å². The molecule has 3 aromatic rings. The largest absolute Gasteiger partial charge is 0.342 e. The zero-order chi connectivity index (χ0) is 26.4. The third-order valence-electron chi connectivity index (χ3n) is 6.98. The quantitative estimate of drug-likeness (QED) is 0.505. The molecule has 194 valence electrons. The lowest BCUT2D eigenvalue weighted by Crippen LogP contribution is -2.41. The van der Waals surface area contributed by atoms with Gasteiger partial charge in [-0.1, -0.05) is 53.3 Å². The second-order valence-electron chi connectivity index (χ2n) is 9.38. The number of aromatic nitrogens is 1. The first-order chi connectivity index (χ1) is 17.6. The summed E-state index contributed by atoms with van der Waals surface area (Å²) in [7, 11) is -2.25. The summed E-state index contributed by atoms with van der Waals surface area (Å²) in [5, 5.41) is 3.15. The highest BCUT2D eigenvalue weighted by atomic mass is 35.5. The maximum Gasteiger partial charge on any atom is 0.328 e. The van der Waals surface area contributed by atoms with Crippen LogP contribution in [0.4, 0.5) is 15.6 Å². The predicted octanol–water partition coefficient (Wildman–Crippen LogP) is 4.16. The molecule has 37 heavy (non-hydrogen) atoms. The molecule has 9 nitrogen and oxygen atoms in total. The van der Waals surface area contributed by atoms with Gasteiger partial charge in [0.1, 0.15) is 4.34 Å². The number of halogens is 1. The van der Waals surface area contributed by atoms with E-state index in [4.69, 9.17) is 11.6 Å². The van der Waals surface area contributed by atoms with E-state index in [2.05, 4.69) is 10.3 Å². The molecule has 1 saturated heterocycles. The van der Waals surface area contributed by atoms with Gasteiger partial charge in [0.25, 0.3) is 0 Å². The number of nitrogens with one attached hydrogen (secondary N) is 1. The zero-order valence-electron chi connectivity index (χ0n) is 20.3. The number of benzene rings is 2. The van der Waals surface area contributed by atoms with Gasteiger partial charge in [-0.15, -0.1) is 0 Å². The summed E-state index contributed by atoms with van der Waals surface area (Å²) in [6, 6.07) is 13.9. The first-order valence-corrected chi connectivity index (χ1v) is 14.3. The number of likely N-dealkylation sites (tertiary alicyclic amines) is 1. The highest BCUT2D eigenvalue weighted by molar-refractivity contribution is 7.89. The van der Waals surface area contributed by atoms with E-state index in [0.717, 1.165) is 22.5 Å². The summed E-state index contributed by atoms with van der Waals surface area (Å²) in [5.74, 6) is -0.0508. The van der Waals surface area contributed by atoms with Crippen LogP contribution in [0.25, 0.3) is 0 Å². The van der Waals surface area contributed by atoms with Crippen molar-refractivity contribution in [2.24, 2.45) is 0 Å². The number of carbonyl (C=O) groups is 2. The molecule has 0 saturated carbocycles. The third kappa shape index (κ3) is 4.84. The maximum absolute atomic E-state index is 13.5. The van der Waals surface area contributed by atoms with E-state index in [1.807, 2.05) is 30.3 Å². The molecule has 1 aromatic heterocycles. The van der Waals surface area contributed by atoms with Gasteiger partial charge in [0, 0.05) is 51.3 Å². The number of thiazole rings is 1. The number of hydrogen-bond acceptors (Lipinski definition) is 6. The fourth-order valence-corrected chi connectivity index (χ4v) is 7.04. The second kappa shape index (κ2) is 9.71. The van der Waals surface area contributed by atoms with Crippen LogP contribution in [0.15, 0.2) is 59.6 Å². The molecule has 12 heteroatoms. The van der Waals surface area contributed by atoms with Crippen LogP contribution in [-0.4, -0.2) is 61.2 Å². The van der Waals surface area contributed by atoms with Crippen LogP contribution in [0.3, 0.4) is 0 Å². The Morgan fingerprint density at radius 2 is 1.95 bits per heavy atom. The van der Waals surface area contributed by atoms with Crippen molar-refractivity contribution >= 4 is 55.7 Å². The lowest BCUT2D eigenvalue weighted by Gasteiger charge is -2.25. The molecule has 2 aliphatic heterocycles. The molecule has 3 amide bonds. The minimum Gasteiger partial charge on any atom is -0.342 e. The summed E-state index contributed by atoms with van der Waals surface area (Å²) in [6.45, 7) is 3.02. The van der Waals surface area contributed by atoms with Crippen molar-refractivity contribution in [3.05, 3.63) is 70.2 Å². The second-order valence-corrected chi connectivity index (χ2v) is 13.1. The smallest absolute Gasteiger partial charge is 0.328 e. The molecule has 2 aromatic carbocycles. The number of urea groups is 1. The van der Waals surface area contributed by atoms with Gasteiger partial charge in [-0.2, -0.15) is 4.31 Å². The van der Waals surface area contributed by atoms with Crippen LogP contribution >= 0.6 is 22.9 Å². The molecule has 5 rings (SSSR count). The molecule has 0 bridgehead atoms. The SMILES string of the molecule is CC(=O)N1CCC2(C1)CN(C(=O)Nc1ncc(Cl)s1)c1ccc(S(=O)(=O)N(C)Cc3ccccc3)cc12. The molecular formula is C25H26ClN5O4S2. The molecule has 1 N–H and O–H groups in total. The maximum atomic E-state index is 13.5. The number of amides is 3. The normalized spacial score (nSPS) is 19.0. The number of nitrogens with zero attached hydrogens (tertiary/aromatic N) is 4. The Kier molecular flexibility index (Phi) is 6.73. The monoisotopic (exact) mass is 559 g/mol. The number of rotatable bonds is 5. The molecule has 2 aliphatic rings. The number of sulfonamides is 1. The summed E-state index contributed by atoms with van der Waals surface area (Å²) in [6.07, 6.45) is 2.09. The van der Waals surface area contributed by atoms with Crippen molar-refractivity contribution in [2.75, 3.05) is 36.9 Å². The molecule has 1 unspecified atom stereocenters. The molecule has 3 heterocycles. The Morgan fingerprint density at radius 3 is 2.59 bits per heavy atom.